The Morgan fingerprint density at radius 2 is 1.48 bits per heavy atom. The lowest BCUT2D eigenvalue weighted by Crippen LogP contribution is -2.50. The summed E-state index contributed by atoms with van der Waals surface area (Å²) in [6, 6.07) is 5.94. The van der Waals surface area contributed by atoms with E-state index >= 15 is 0 Å². The first kappa shape index (κ1) is 21.0. The van der Waals surface area contributed by atoms with Crippen molar-refractivity contribution in [3.05, 3.63) is 35.6 Å². The number of halogens is 1. The summed E-state index contributed by atoms with van der Waals surface area (Å²) in [7, 11) is 0. The first-order chi connectivity index (χ1) is 12.3. The van der Waals surface area contributed by atoms with Crippen LogP contribution in [0.5, 0.6) is 0 Å². The van der Waals surface area contributed by atoms with Crippen molar-refractivity contribution in [1.82, 2.24) is 5.06 Å². The fraction of sp³-hybridized carbons (Fsp3) is 0.600. The van der Waals surface area contributed by atoms with Crippen LogP contribution in [0.25, 0.3) is 0 Å². The molecule has 1 saturated carbocycles. The van der Waals surface area contributed by atoms with E-state index < -0.39 is 23.5 Å². The van der Waals surface area contributed by atoms with Gasteiger partial charge >= 0.3 is 12.2 Å². The Labute approximate surface area is 159 Å². The fourth-order valence-electron chi connectivity index (χ4n) is 2.70. The van der Waals surface area contributed by atoms with Crippen LogP contribution in [-0.2, 0) is 14.3 Å². The summed E-state index contributed by atoms with van der Waals surface area (Å²) in [4.78, 5) is 29.7. The standard InChI is InChI=1S/C20H28FNO5/c1-19(2,3)25-17(23)22(27-18(24)26-20(4,5)6)16-11-14(12-16)13-7-9-15(21)10-8-13/h7-10,14,16H,11-12H2,1-6H3/t14-,16+. The second kappa shape index (κ2) is 7.74. The number of amides is 1. The average Bonchev–Trinajstić information content (AvgIpc) is 2.42. The van der Waals surface area contributed by atoms with Gasteiger partial charge in [0.2, 0.25) is 0 Å². The van der Waals surface area contributed by atoms with E-state index in [1.807, 2.05) is 0 Å². The number of nitrogens with zero attached hydrogens (tertiary/aromatic N) is 1. The number of carbonyl (C=O) groups is 2. The van der Waals surface area contributed by atoms with Gasteiger partial charge in [-0.3, -0.25) is 4.84 Å². The number of carbonyl (C=O) groups excluding carboxylic acids is 2. The summed E-state index contributed by atoms with van der Waals surface area (Å²) in [5, 5.41) is 0.958. The van der Waals surface area contributed by atoms with Crippen molar-refractivity contribution in [2.45, 2.75) is 77.5 Å². The van der Waals surface area contributed by atoms with Gasteiger partial charge in [-0.1, -0.05) is 12.1 Å². The molecule has 0 heterocycles. The zero-order valence-electron chi connectivity index (χ0n) is 16.7. The molecular formula is C20H28FNO5. The van der Waals surface area contributed by atoms with Crippen LogP contribution in [0.1, 0.15) is 65.9 Å². The molecule has 1 aromatic carbocycles. The summed E-state index contributed by atoms with van der Waals surface area (Å²) in [6.45, 7) is 10.3. The fourth-order valence-corrected chi connectivity index (χ4v) is 2.70. The molecule has 6 nitrogen and oxygen atoms in total. The molecule has 150 valence electrons. The second-order valence-corrected chi connectivity index (χ2v) is 8.74. The monoisotopic (exact) mass is 381 g/mol. The Balaban J connectivity index is 2.05. The smallest absolute Gasteiger partial charge is 0.442 e. The Morgan fingerprint density at radius 1 is 0.963 bits per heavy atom. The van der Waals surface area contributed by atoms with E-state index in [1.165, 1.54) is 12.1 Å². The SMILES string of the molecule is CC(C)(C)OC(=O)ON(C(=O)OC(C)(C)C)[C@H]1C[C@@H](c2ccc(F)cc2)C1. The lowest BCUT2D eigenvalue weighted by atomic mass is 9.76. The van der Waals surface area contributed by atoms with Gasteiger partial charge in [-0.05, 0) is 78.0 Å². The Hall–Kier alpha value is -2.31. The van der Waals surface area contributed by atoms with E-state index in [9.17, 15) is 14.0 Å². The Bertz CT molecular complexity index is 669. The molecule has 1 aliphatic rings. The predicted molar refractivity (Wildman–Crippen MR) is 97.6 cm³/mol. The lowest BCUT2D eigenvalue weighted by molar-refractivity contribution is -0.169. The number of benzene rings is 1. The molecule has 0 saturated heterocycles. The number of hydrogen-bond donors (Lipinski definition) is 0. The van der Waals surface area contributed by atoms with Crippen LogP contribution in [0.2, 0.25) is 0 Å². The summed E-state index contributed by atoms with van der Waals surface area (Å²) < 4.78 is 23.6. The van der Waals surface area contributed by atoms with Crippen molar-refractivity contribution in [3.63, 3.8) is 0 Å². The van der Waals surface area contributed by atoms with Gasteiger partial charge in [-0.2, -0.15) is 0 Å². The van der Waals surface area contributed by atoms with E-state index in [4.69, 9.17) is 14.3 Å². The minimum Gasteiger partial charge on any atom is -0.442 e. The molecular weight excluding hydrogens is 353 g/mol. The quantitative estimate of drug-likeness (QED) is 0.522. The van der Waals surface area contributed by atoms with Crippen molar-refractivity contribution in [2.75, 3.05) is 0 Å². The molecule has 0 unspecified atom stereocenters. The summed E-state index contributed by atoms with van der Waals surface area (Å²) in [5.74, 6) is -0.138. The highest BCUT2D eigenvalue weighted by molar-refractivity contribution is 5.70. The minimum absolute atomic E-state index is 0.155. The number of ether oxygens (including phenoxy) is 2. The molecule has 0 atom stereocenters. The molecule has 1 aliphatic carbocycles. The van der Waals surface area contributed by atoms with Crippen LogP contribution in [-0.4, -0.2) is 34.6 Å². The van der Waals surface area contributed by atoms with Crippen LogP contribution in [0.4, 0.5) is 14.0 Å². The molecule has 0 spiro atoms. The normalized spacial score (nSPS) is 19.7. The van der Waals surface area contributed by atoms with Crippen molar-refractivity contribution >= 4 is 12.2 Å². The third kappa shape index (κ3) is 6.41. The molecule has 1 aromatic rings. The van der Waals surface area contributed by atoms with Crippen molar-refractivity contribution in [2.24, 2.45) is 0 Å². The van der Waals surface area contributed by atoms with Crippen LogP contribution in [0.3, 0.4) is 0 Å². The van der Waals surface area contributed by atoms with Gasteiger partial charge < -0.3 is 9.47 Å². The molecule has 0 aromatic heterocycles. The molecule has 1 amide bonds. The summed E-state index contributed by atoms with van der Waals surface area (Å²) in [6.07, 6.45) is -0.545. The molecule has 0 bridgehead atoms. The first-order valence-corrected chi connectivity index (χ1v) is 9.03. The minimum atomic E-state index is -0.960. The second-order valence-electron chi connectivity index (χ2n) is 8.74. The van der Waals surface area contributed by atoms with Crippen LogP contribution in [0, 0.1) is 5.82 Å². The van der Waals surface area contributed by atoms with Crippen LogP contribution >= 0.6 is 0 Å². The Morgan fingerprint density at radius 3 is 1.96 bits per heavy atom. The number of hydroxylamine groups is 2. The topological polar surface area (TPSA) is 65.1 Å². The number of rotatable bonds is 2. The van der Waals surface area contributed by atoms with E-state index in [1.54, 1.807) is 53.7 Å². The average molecular weight is 381 g/mol. The molecule has 1 fully saturated rings. The zero-order chi connectivity index (χ0) is 20.4. The van der Waals surface area contributed by atoms with E-state index in [0.29, 0.717) is 12.8 Å². The lowest BCUT2D eigenvalue weighted by Gasteiger charge is -2.41. The van der Waals surface area contributed by atoms with Crippen LogP contribution in [0.15, 0.2) is 24.3 Å². The van der Waals surface area contributed by atoms with Gasteiger partial charge in [0.1, 0.15) is 17.0 Å². The van der Waals surface area contributed by atoms with E-state index in [-0.39, 0.29) is 17.8 Å². The van der Waals surface area contributed by atoms with Crippen LogP contribution < -0.4 is 0 Å². The molecule has 0 radical (unpaired) electrons. The van der Waals surface area contributed by atoms with Gasteiger partial charge in [0.05, 0.1) is 6.04 Å². The van der Waals surface area contributed by atoms with Crippen molar-refractivity contribution < 1.29 is 28.3 Å². The largest absolute Gasteiger partial charge is 0.534 e. The summed E-state index contributed by atoms with van der Waals surface area (Å²) >= 11 is 0. The molecule has 2 rings (SSSR count). The highest BCUT2D eigenvalue weighted by Gasteiger charge is 2.42. The van der Waals surface area contributed by atoms with E-state index in [2.05, 4.69) is 0 Å². The maximum Gasteiger partial charge on any atom is 0.534 e. The maximum absolute atomic E-state index is 13.1. The Kier molecular flexibility index (Phi) is 6.02. The highest BCUT2D eigenvalue weighted by atomic mass is 19.1. The zero-order valence-corrected chi connectivity index (χ0v) is 16.7. The van der Waals surface area contributed by atoms with Gasteiger partial charge in [-0.25, -0.2) is 14.0 Å². The van der Waals surface area contributed by atoms with Gasteiger partial charge in [-0.15, -0.1) is 5.06 Å². The third-order valence-corrected chi connectivity index (χ3v) is 3.92. The van der Waals surface area contributed by atoms with Crippen molar-refractivity contribution in [1.29, 1.82) is 0 Å². The highest BCUT2D eigenvalue weighted by Crippen LogP contribution is 2.40. The molecule has 0 N–H and O–H groups in total. The van der Waals surface area contributed by atoms with Gasteiger partial charge in [0.15, 0.2) is 0 Å². The molecule has 0 aliphatic heterocycles. The molecule has 27 heavy (non-hydrogen) atoms. The predicted octanol–water partition coefficient (Wildman–Crippen LogP) is 5.18. The maximum atomic E-state index is 13.1. The van der Waals surface area contributed by atoms with E-state index in [0.717, 1.165) is 10.6 Å². The number of hydrogen-bond acceptors (Lipinski definition) is 5. The third-order valence-electron chi connectivity index (χ3n) is 3.92. The summed E-state index contributed by atoms with van der Waals surface area (Å²) in [5.41, 5.74) is -0.492. The van der Waals surface area contributed by atoms with Crippen molar-refractivity contribution in [3.8, 4) is 0 Å². The first-order valence-electron chi connectivity index (χ1n) is 9.03. The molecule has 7 heteroatoms. The van der Waals surface area contributed by atoms with Gasteiger partial charge in [0, 0.05) is 0 Å². The van der Waals surface area contributed by atoms with Gasteiger partial charge in [0.25, 0.3) is 0 Å².